The van der Waals surface area contributed by atoms with Crippen LogP contribution in [0, 0.1) is 0 Å². The molecule has 2 aromatic rings. The van der Waals surface area contributed by atoms with Crippen LogP contribution >= 0.6 is 10.9 Å². The number of hydrogen-bond donors (Lipinski definition) is 0. The summed E-state index contributed by atoms with van der Waals surface area (Å²) in [4.78, 5) is 0. The third-order valence-corrected chi connectivity index (χ3v) is 36.8. The van der Waals surface area contributed by atoms with Crippen molar-refractivity contribution in [3.8, 4) is 0 Å². The van der Waals surface area contributed by atoms with Crippen molar-refractivity contribution in [2.24, 2.45) is 0 Å². The van der Waals surface area contributed by atoms with Crippen LogP contribution in [0.15, 0.2) is 60.7 Å². The first kappa shape index (κ1) is 27.2. The second kappa shape index (κ2) is 15.0. The summed E-state index contributed by atoms with van der Waals surface area (Å²) in [7, 11) is 0. The molecule has 0 radical (unpaired) electrons. The normalized spacial score (nSPS) is 13.4. The minimum absolute atomic E-state index is 0.947. The van der Waals surface area contributed by atoms with Gasteiger partial charge in [-0.05, 0) is 0 Å². The van der Waals surface area contributed by atoms with E-state index in [-0.39, 0.29) is 0 Å². The standard InChI is InChI=1S/2C14H23P.Pd/c2*1-3-5-12-15(13-6-4-2)14-10-8-7-9-11-14;/h2*7-11H,3-6,12-13H2,1-2H3;/q;;-2/p+2. The van der Waals surface area contributed by atoms with Gasteiger partial charge < -0.3 is 0 Å². The molecule has 3 heteroatoms. The predicted octanol–water partition coefficient (Wildman–Crippen LogP) is 8.25. The number of benzene rings is 2. The summed E-state index contributed by atoms with van der Waals surface area (Å²) in [5.41, 5.74) is -3.04. The zero-order valence-corrected chi connectivity index (χ0v) is 24.1. The van der Waals surface area contributed by atoms with E-state index in [2.05, 4.69) is 88.4 Å². The number of rotatable bonds is 16. The van der Waals surface area contributed by atoms with Crippen LogP contribution in [0.25, 0.3) is 0 Å². The molecule has 0 amide bonds. The Morgan fingerprint density at radius 3 is 1.03 bits per heavy atom. The Balaban J connectivity index is 2.60. The van der Waals surface area contributed by atoms with E-state index in [1.165, 1.54) is 76.0 Å². The van der Waals surface area contributed by atoms with Gasteiger partial charge in [0.2, 0.25) is 0 Å². The second-order valence-electron chi connectivity index (χ2n) is 9.04. The molecule has 0 unspecified atom stereocenters. The van der Waals surface area contributed by atoms with Gasteiger partial charge in [0.05, 0.1) is 0 Å². The van der Waals surface area contributed by atoms with Crippen molar-refractivity contribution in [3.05, 3.63) is 60.7 Å². The fourth-order valence-corrected chi connectivity index (χ4v) is 44.4. The molecular weight excluding hydrogens is 505 g/mol. The van der Waals surface area contributed by atoms with E-state index in [9.17, 15) is 0 Å². The molecular formula is C28H48P2Pd. The van der Waals surface area contributed by atoms with Gasteiger partial charge in [-0.25, -0.2) is 0 Å². The van der Waals surface area contributed by atoms with Crippen LogP contribution < -0.4 is 10.6 Å². The molecule has 31 heavy (non-hydrogen) atoms. The molecule has 0 aromatic heterocycles. The Labute approximate surface area is 202 Å². The van der Waals surface area contributed by atoms with Gasteiger partial charge in [-0.3, -0.25) is 0 Å². The van der Waals surface area contributed by atoms with Gasteiger partial charge in [0, 0.05) is 0 Å². The quantitative estimate of drug-likeness (QED) is 0.145. The Morgan fingerprint density at radius 1 is 0.484 bits per heavy atom. The Bertz CT molecular complexity index is 624. The summed E-state index contributed by atoms with van der Waals surface area (Å²) in [5, 5.41) is 3.57. The monoisotopic (exact) mass is 552 g/mol. The van der Waals surface area contributed by atoms with E-state index in [1.807, 2.05) is 0 Å². The van der Waals surface area contributed by atoms with Crippen molar-refractivity contribution in [3.63, 3.8) is 0 Å². The molecule has 0 aliphatic heterocycles. The summed E-state index contributed by atoms with van der Waals surface area (Å²) >= 11 is 0.947. The molecule has 0 saturated carbocycles. The van der Waals surface area contributed by atoms with Gasteiger partial charge in [0.1, 0.15) is 0 Å². The topological polar surface area (TPSA) is 0 Å². The summed E-state index contributed by atoms with van der Waals surface area (Å²) in [6.45, 7) is 9.58. The first-order chi connectivity index (χ1) is 15.2. The third-order valence-electron chi connectivity index (χ3n) is 6.49. The van der Waals surface area contributed by atoms with Gasteiger partial charge in [0.25, 0.3) is 0 Å². The fourth-order valence-electron chi connectivity index (χ4n) is 4.60. The van der Waals surface area contributed by atoms with E-state index in [1.54, 1.807) is 10.6 Å². The SMILES string of the molecule is CCCC[PH](CCCC)([Pd][PH](CCCC)(CCCC)c1ccccc1)c1ccccc1. The Morgan fingerprint density at radius 2 is 0.774 bits per heavy atom. The van der Waals surface area contributed by atoms with Crippen LogP contribution in [0.3, 0.4) is 0 Å². The first-order valence-electron chi connectivity index (χ1n) is 12.9. The summed E-state index contributed by atoms with van der Waals surface area (Å²) in [5.74, 6) is 0. The third kappa shape index (κ3) is 8.05. The van der Waals surface area contributed by atoms with Crippen LogP contribution in [0.1, 0.15) is 79.1 Å². The maximum atomic E-state index is 2.53. The number of unbranched alkanes of at least 4 members (excludes halogenated alkanes) is 4. The molecule has 0 bridgehead atoms. The van der Waals surface area contributed by atoms with Crippen LogP contribution in [0.2, 0.25) is 0 Å². The van der Waals surface area contributed by atoms with Crippen LogP contribution in [0.5, 0.6) is 0 Å². The van der Waals surface area contributed by atoms with Gasteiger partial charge >= 0.3 is 203 Å². The van der Waals surface area contributed by atoms with Crippen molar-refractivity contribution >= 4 is 21.5 Å². The molecule has 0 atom stereocenters. The van der Waals surface area contributed by atoms with E-state index < -0.39 is 10.9 Å². The zero-order chi connectivity index (χ0) is 22.4. The van der Waals surface area contributed by atoms with E-state index in [0.717, 1.165) is 17.0 Å². The molecule has 0 saturated heterocycles. The average Bonchev–Trinajstić information content (AvgIpc) is 2.83. The first-order valence-corrected chi connectivity index (χ1v) is 22.0. The Kier molecular flexibility index (Phi) is 13.1. The molecule has 0 nitrogen and oxygen atoms in total. The molecule has 0 aliphatic carbocycles. The average molecular weight is 553 g/mol. The maximum absolute atomic E-state index is 2.53. The molecule has 0 fully saturated rings. The molecule has 0 aliphatic rings. The van der Waals surface area contributed by atoms with Crippen molar-refractivity contribution < 1.29 is 17.0 Å². The van der Waals surface area contributed by atoms with Gasteiger partial charge in [-0.2, -0.15) is 0 Å². The molecule has 0 N–H and O–H groups in total. The minimum atomic E-state index is -1.52. The Hall–Kier alpha value is -0.0377. The zero-order valence-electron chi connectivity index (χ0n) is 20.6. The fraction of sp³-hybridized carbons (Fsp3) is 0.571. The van der Waals surface area contributed by atoms with Crippen LogP contribution in [-0.2, 0) is 17.0 Å². The van der Waals surface area contributed by atoms with E-state index in [0.29, 0.717) is 0 Å². The molecule has 180 valence electrons. The van der Waals surface area contributed by atoms with Crippen molar-refractivity contribution in [2.75, 3.05) is 24.6 Å². The van der Waals surface area contributed by atoms with Crippen LogP contribution in [0.4, 0.5) is 0 Å². The summed E-state index contributed by atoms with van der Waals surface area (Å²) in [6, 6.07) is 23.9. The van der Waals surface area contributed by atoms with Gasteiger partial charge in [0.15, 0.2) is 0 Å². The van der Waals surface area contributed by atoms with E-state index in [4.69, 9.17) is 0 Å². The molecule has 0 spiro atoms. The van der Waals surface area contributed by atoms with Gasteiger partial charge in [-0.15, -0.1) is 0 Å². The summed E-state index contributed by atoms with van der Waals surface area (Å²) < 4.78 is 0. The number of hydrogen-bond acceptors (Lipinski definition) is 0. The predicted molar refractivity (Wildman–Crippen MR) is 148 cm³/mol. The summed E-state index contributed by atoms with van der Waals surface area (Å²) in [6.07, 6.45) is 17.1. The van der Waals surface area contributed by atoms with Crippen molar-refractivity contribution in [1.82, 2.24) is 0 Å². The molecule has 2 aromatic carbocycles. The van der Waals surface area contributed by atoms with Crippen LogP contribution in [-0.4, -0.2) is 24.6 Å². The van der Waals surface area contributed by atoms with Gasteiger partial charge in [-0.1, -0.05) is 0 Å². The van der Waals surface area contributed by atoms with Crippen molar-refractivity contribution in [1.29, 1.82) is 0 Å². The molecule has 0 heterocycles. The second-order valence-corrected chi connectivity index (χ2v) is 28.9. The molecule has 2 rings (SSSR count). The van der Waals surface area contributed by atoms with E-state index >= 15 is 0 Å². The van der Waals surface area contributed by atoms with Crippen molar-refractivity contribution in [2.45, 2.75) is 79.1 Å².